The summed E-state index contributed by atoms with van der Waals surface area (Å²) in [4.78, 5) is 31.5. The van der Waals surface area contributed by atoms with Crippen LogP contribution in [0.2, 0.25) is 0 Å². The molecule has 0 atom stereocenters. The van der Waals surface area contributed by atoms with Crippen LogP contribution in [0.25, 0.3) is 33.3 Å². The molecule has 10 heteroatoms. The quantitative estimate of drug-likeness (QED) is 0.381. The third kappa shape index (κ3) is 3.66. The van der Waals surface area contributed by atoms with E-state index in [2.05, 4.69) is 35.4 Å². The summed E-state index contributed by atoms with van der Waals surface area (Å²) in [6.45, 7) is 2.32. The minimum Gasteiger partial charge on any atom is -0.478 e. The molecule has 154 valence electrons. The first kappa shape index (κ1) is 18.7. The minimum absolute atomic E-state index is 0.119. The Morgan fingerprint density at radius 2 is 2.10 bits per heavy atom. The van der Waals surface area contributed by atoms with Crippen molar-refractivity contribution in [1.29, 1.82) is 0 Å². The Balaban J connectivity index is 1.35. The largest absolute Gasteiger partial charge is 0.478 e. The van der Waals surface area contributed by atoms with Gasteiger partial charge in [-0.1, -0.05) is 17.3 Å². The van der Waals surface area contributed by atoms with Crippen molar-refractivity contribution in [1.82, 2.24) is 30.1 Å². The molecule has 4 aromatic heterocycles. The molecule has 0 radical (unpaired) electrons. The first-order valence-corrected chi connectivity index (χ1v) is 9.58. The molecule has 10 nitrogen and oxygen atoms in total. The van der Waals surface area contributed by atoms with E-state index in [9.17, 15) is 4.79 Å². The number of nitrogens with one attached hydrogen (secondary N) is 2. The lowest BCUT2D eigenvalue weighted by Crippen LogP contribution is -2.07. The summed E-state index contributed by atoms with van der Waals surface area (Å²) in [5, 5.41) is 18.4. The molecule has 3 N–H and O–H groups in total. The van der Waals surface area contributed by atoms with E-state index in [1.807, 2.05) is 24.3 Å². The highest BCUT2D eigenvalue weighted by Crippen LogP contribution is 2.26. The van der Waals surface area contributed by atoms with Crippen LogP contribution in [0.4, 0.5) is 5.82 Å². The van der Waals surface area contributed by atoms with Crippen LogP contribution in [-0.2, 0) is 6.42 Å². The van der Waals surface area contributed by atoms with Crippen molar-refractivity contribution in [2.45, 2.75) is 13.3 Å². The first-order chi connectivity index (χ1) is 15.1. The van der Waals surface area contributed by atoms with E-state index in [1.54, 1.807) is 13.1 Å². The number of carbonyl (C=O) groups is 1. The van der Waals surface area contributed by atoms with E-state index in [1.165, 1.54) is 12.3 Å². The Morgan fingerprint density at radius 3 is 2.90 bits per heavy atom. The number of aromatic amines is 1. The topological polar surface area (TPSA) is 143 Å². The molecule has 0 unspecified atom stereocenters. The van der Waals surface area contributed by atoms with Crippen LogP contribution in [0.5, 0.6) is 0 Å². The van der Waals surface area contributed by atoms with Crippen LogP contribution < -0.4 is 5.32 Å². The highest BCUT2D eigenvalue weighted by molar-refractivity contribution is 5.94. The molecule has 5 aromatic rings. The zero-order valence-corrected chi connectivity index (χ0v) is 16.5. The summed E-state index contributed by atoms with van der Waals surface area (Å²) < 4.78 is 5.08. The second kappa shape index (κ2) is 7.48. The first-order valence-electron chi connectivity index (χ1n) is 9.58. The van der Waals surface area contributed by atoms with Gasteiger partial charge in [0.25, 0.3) is 0 Å². The van der Waals surface area contributed by atoms with Gasteiger partial charge in [0.1, 0.15) is 11.6 Å². The van der Waals surface area contributed by atoms with Crippen LogP contribution in [-0.4, -0.2) is 47.7 Å². The maximum absolute atomic E-state index is 11.1. The number of H-pyrrole nitrogens is 1. The average molecular weight is 415 g/mol. The molecule has 0 bridgehead atoms. The molecule has 4 heterocycles. The summed E-state index contributed by atoms with van der Waals surface area (Å²) in [5.41, 5.74) is 2.05. The molecule has 0 aliphatic heterocycles. The van der Waals surface area contributed by atoms with E-state index in [0.717, 1.165) is 22.2 Å². The number of aromatic carboxylic acids is 1. The number of carboxylic acids is 1. The zero-order valence-electron chi connectivity index (χ0n) is 16.5. The highest BCUT2D eigenvalue weighted by Gasteiger charge is 2.11. The molecule has 0 saturated heterocycles. The van der Waals surface area contributed by atoms with Gasteiger partial charge in [-0.25, -0.2) is 19.7 Å². The number of fused-ring (bicyclic) bond motifs is 2. The number of rotatable bonds is 6. The fourth-order valence-corrected chi connectivity index (χ4v) is 3.35. The summed E-state index contributed by atoms with van der Waals surface area (Å²) in [6.07, 6.45) is 3.64. The van der Waals surface area contributed by atoms with Crippen LogP contribution in [0, 0.1) is 6.92 Å². The van der Waals surface area contributed by atoms with Gasteiger partial charge in [-0.2, -0.15) is 4.98 Å². The van der Waals surface area contributed by atoms with Crippen molar-refractivity contribution in [2.24, 2.45) is 0 Å². The van der Waals surface area contributed by atoms with Gasteiger partial charge in [-0.15, -0.1) is 0 Å². The average Bonchev–Trinajstić information content (AvgIpc) is 3.38. The Hall–Kier alpha value is -4.34. The van der Waals surface area contributed by atoms with Gasteiger partial charge >= 0.3 is 5.97 Å². The molecule has 1 aromatic carbocycles. The number of hydrogen-bond donors (Lipinski definition) is 3. The fourth-order valence-electron chi connectivity index (χ4n) is 3.35. The van der Waals surface area contributed by atoms with E-state index < -0.39 is 5.97 Å². The van der Waals surface area contributed by atoms with Crippen molar-refractivity contribution >= 4 is 33.7 Å². The fraction of sp³-hybridized carbons (Fsp3) is 0.143. The van der Waals surface area contributed by atoms with E-state index in [4.69, 9.17) is 9.63 Å². The summed E-state index contributed by atoms with van der Waals surface area (Å²) in [5.74, 6) is 1.47. The molecular formula is C21H17N7O3. The second-order valence-electron chi connectivity index (χ2n) is 6.99. The number of nitrogens with zero attached hydrogens (tertiary/aromatic N) is 5. The molecule has 31 heavy (non-hydrogen) atoms. The van der Waals surface area contributed by atoms with Crippen molar-refractivity contribution in [3.05, 3.63) is 60.0 Å². The van der Waals surface area contributed by atoms with E-state index in [0.29, 0.717) is 41.7 Å². The van der Waals surface area contributed by atoms with Crippen LogP contribution in [0.15, 0.2) is 47.2 Å². The maximum atomic E-state index is 11.1. The van der Waals surface area contributed by atoms with Crippen LogP contribution in [0.3, 0.4) is 0 Å². The van der Waals surface area contributed by atoms with E-state index >= 15 is 0 Å². The lowest BCUT2D eigenvalue weighted by molar-refractivity contribution is 0.0696. The van der Waals surface area contributed by atoms with Crippen molar-refractivity contribution in [2.75, 3.05) is 11.9 Å². The molecule has 5 rings (SSSR count). The Bertz CT molecular complexity index is 1420. The van der Waals surface area contributed by atoms with Gasteiger partial charge in [0.2, 0.25) is 11.7 Å². The molecule has 0 aliphatic carbocycles. The standard InChI is InChI=1S/C21H17N7O3/c1-11-25-18(28-31-11)13-3-2-12-4-6-22-19(15(12)8-13)23-7-5-17-26-16-9-14(21(29)30)10-24-20(16)27-17/h2-4,6,8-10H,5,7H2,1H3,(H,22,23)(H,29,30)(H,24,26,27). The Kier molecular flexibility index (Phi) is 4.51. The lowest BCUT2D eigenvalue weighted by atomic mass is 10.1. The maximum Gasteiger partial charge on any atom is 0.337 e. The van der Waals surface area contributed by atoms with Gasteiger partial charge in [-0.3, -0.25) is 0 Å². The third-order valence-electron chi connectivity index (χ3n) is 4.84. The van der Waals surface area contributed by atoms with Crippen molar-refractivity contribution in [3.63, 3.8) is 0 Å². The molecule has 0 saturated carbocycles. The number of imidazole rings is 1. The third-order valence-corrected chi connectivity index (χ3v) is 4.84. The number of carboxylic acid groups (broad SMARTS) is 1. The summed E-state index contributed by atoms with van der Waals surface area (Å²) in [7, 11) is 0. The van der Waals surface area contributed by atoms with Gasteiger partial charge in [0.05, 0.1) is 11.1 Å². The Morgan fingerprint density at radius 1 is 1.19 bits per heavy atom. The van der Waals surface area contributed by atoms with Gasteiger partial charge < -0.3 is 19.9 Å². The van der Waals surface area contributed by atoms with Gasteiger partial charge in [0, 0.05) is 43.2 Å². The second-order valence-corrected chi connectivity index (χ2v) is 6.99. The van der Waals surface area contributed by atoms with E-state index in [-0.39, 0.29) is 5.56 Å². The molecule has 0 aliphatic rings. The zero-order chi connectivity index (χ0) is 21.4. The monoisotopic (exact) mass is 415 g/mol. The molecular weight excluding hydrogens is 398 g/mol. The Labute approximate surface area is 175 Å². The number of anilines is 1. The predicted molar refractivity (Wildman–Crippen MR) is 113 cm³/mol. The SMILES string of the molecule is Cc1nc(-c2ccc3ccnc(NCCc4nc5ncc(C(=O)O)cc5[nH]4)c3c2)no1. The normalized spacial score (nSPS) is 11.3. The van der Waals surface area contributed by atoms with Gasteiger partial charge in [-0.05, 0) is 23.6 Å². The van der Waals surface area contributed by atoms with Crippen LogP contribution >= 0.6 is 0 Å². The lowest BCUT2D eigenvalue weighted by Gasteiger charge is -2.09. The van der Waals surface area contributed by atoms with Crippen LogP contribution in [0.1, 0.15) is 22.1 Å². The minimum atomic E-state index is -1.02. The summed E-state index contributed by atoms with van der Waals surface area (Å²) >= 11 is 0. The summed E-state index contributed by atoms with van der Waals surface area (Å²) in [6, 6.07) is 9.39. The molecule has 0 fully saturated rings. The number of hydrogen-bond acceptors (Lipinski definition) is 8. The molecule has 0 amide bonds. The smallest absolute Gasteiger partial charge is 0.337 e. The van der Waals surface area contributed by atoms with Crippen molar-refractivity contribution < 1.29 is 14.4 Å². The number of pyridine rings is 2. The number of aromatic nitrogens is 6. The van der Waals surface area contributed by atoms with Gasteiger partial charge in [0.15, 0.2) is 5.65 Å². The number of aryl methyl sites for hydroxylation is 1. The number of benzene rings is 1. The highest BCUT2D eigenvalue weighted by atomic mass is 16.5. The molecule has 0 spiro atoms. The van der Waals surface area contributed by atoms with Crippen molar-refractivity contribution in [3.8, 4) is 11.4 Å². The predicted octanol–water partition coefficient (Wildman–Crippen LogP) is 3.22.